The number of aromatic hydroxyl groups is 1. The number of amides is 1. The van der Waals surface area contributed by atoms with Crippen LogP contribution in [0.1, 0.15) is 27.2 Å². The van der Waals surface area contributed by atoms with Crippen LogP contribution in [0.25, 0.3) is 10.6 Å². The zero-order valence-corrected chi connectivity index (χ0v) is 22.2. The topological polar surface area (TPSA) is 99.6 Å². The van der Waals surface area contributed by atoms with Gasteiger partial charge in [-0.1, -0.05) is 24.3 Å². The van der Waals surface area contributed by atoms with Crippen LogP contribution in [-0.2, 0) is 17.7 Å². The second-order valence-corrected chi connectivity index (χ2v) is 10.4. The zero-order chi connectivity index (χ0) is 27.0. The Balaban J connectivity index is 1.20. The number of hydrogen-bond acceptors (Lipinski definition) is 8. The van der Waals surface area contributed by atoms with E-state index in [1.54, 1.807) is 30.3 Å². The van der Waals surface area contributed by atoms with Crippen LogP contribution in [0.3, 0.4) is 0 Å². The third kappa shape index (κ3) is 7.38. The molecule has 0 saturated carbocycles. The Kier molecular flexibility index (Phi) is 8.77. The molecule has 10 heteroatoms. The number of thiophene rings is 1. The number of anilines is 2. The molecule has 2 aromatic carbocycles. The molecule has 39 heavy (non-hydrogen) atoms. The molecule has 0 unspecified atom stereocenters. The summed E-state index contributed by atoms with van der Waals surface area (Å²) in [6.07, 6.45) is 3.15. The number of halogens is 1. The Morgan fingerprint density at radius 1 is 1.08 bits per heavy atom. The summed E-state index contributed by atoms with van der Waals surface area (Å²) < 4.78 is 20.1. The first-order valence-corrected chi connectivity index (χ1v) is 13.7. The Morgan fingerprint density at radius 2 is 1.90 bits per heavy atom. The van der Waals surface area contributed by atoms with E-state index >= 15 is 0 Å². The Hall–Kier alpha value is -3.86. The van der Waals surface area contributed by atoms with Crippen LogP contribution in [0.5, 0.6) is 5.75 Å². The van der Waals surface area contributed by atoms with Crippen molar-refractivity contribution in [2.75, 3.05) is 38.2 Å². The molecular weight excluding hydrogens is 517 g/mol. The third-order valence-electron chi connectivity index (χ3n) is 6.40. The average molecular weight is 548 g/mol. The molecule has 3 N–H and O–H groups in total. The van der Waals surface area contributed by atoms with Crippen molar-refractivity contribution in [1.29, 1.82) is 0 Å². The van der Waals surface area contributed by atoms with Gasteiger partial charge in [-0.25, -0.2) is 14.4 Å². The zero-order valence-electron chi connectivity index (χ0n) is 21.4. The minimum Gasteiger partial charge on any atom is -0.508 e. The predicted molar refractivity (Wildman–Crippen MR) is 150 cm³/mol. The highest BCUT2D eigenvalue weighted by Gasteiger charge is 2.16. The van der Waals surface area contributed by atoms with Crippen molar-refractivity contribution < 1.29 is 19.0 Å². The number of aryl methyl sites for hydroxylation is 1. The van der Waals surface area contributed by atoms with Crippen molar-refractivity contribution in [3.05, 3.63) is 88.7 Å². The molecule has 0 spiro atoms. The number of hydrogen-bond donors (Lipinski definition) is 3. The van der Waals surface area contributed by atoms with Crippen molar-refractivity contribution in [1.82, 2.24) is 20.2 Å². The van der Waals surface area contributed by atoms with Gasteiger partial charge in [-0.05, 0) is 66.9 Å². The number of carbonyl (C=O) groups excluding carboxylic acids is 1. The summed E-state index contributed by atoms with van der Waals surface area (Å²) in [5, 5.41) is 15.6. The first kappa shape index (κ1) is 26.7. The van der Waals surface area contributed by atoms with Gasteiger partial charge in [0.1, 0.15) is 11.4 Å². The Morgan fingerprint density at radius 3 is 2.74 bits per heavy atom. The number of phenolic OH excluding ortho intramolecular Hbond substituents is 1. The van der Waals surface area contributed by atoms with E-state index in [1.807, 2.05) is 18.2 Å². The second-order valence-electron chi connectivity index (χ2n) is 9.29. The van der Waals surface area contributed by atoms with E-state index in [-0.39, 0.29) is 29.8 Å². The molecular formula is C29H30FN5O3S. The summed E-state index contributed by atoms with van der Waals surface area (Å²) in [5.41, 5.74) is 2.94. The largest absolute Gasteiger partial charge is 0.508 e. The molecule has 1 aliphatic rings. The summed E-state index contributed by atoms with van der Waals surface area (Å²) in [5.74, 6) is -0.432. The van der Waals surface area contributed by atoms with E-state index < -0.39 is 5.82 Å². The number of aromatic nitrogens is 2. The molecule has 2 aromatic heterocycles. The van der Waals surface area contributed by atoms with Crippen molar-refractivity contribution in [3.63, 3.8) is 0 Å². The number of rotatable bonds is 10. The highest BCUT2D eigenvalue weighted by molar-refractivity contribution is 7.17. The van der Waals surface area contributed by atoms with Gasteiger partial charge in [0.15, 0.2) is 5.82 Å². The van der Waals surface area contributed by atoms with Crippen molar-refractivity contribution >= 4 is 28.9 Å². The first-order valence-electron chi connectivity index (χ1n) is 12.9. The fourth-order valence-corrected chi connectivity index (χ4v) is 5.30. The lowest BCUT2D eigenvalue weighted by Gasteiger charge is -2.26. The molecule has 202 valence electrons. The van der Waals surface area contributed by atoms with Gasteiger partial charge in [0.2, 0.25) is 5.95 Å². The quantitative estimate of drug-likeness (QED) is 0.257. The summed E-state index contributed by atoms with van der Waals surface area (Å²) in [6.45, 7) is 4.90. The van der Waals surface area contributed by atoms with Gasteiger partial charge in [-0.3, -0.25) is 9.69 Å². The van der Waals surface area contributed by atoms with Crippen LogP contribution in [-0.4, -0.2) is 58.7 Å². The fraction of sp³-hybridized carbons (Fsp3) is 0.276. The number of benzene rings is 2. The Bertz CT molecular complexity index is 1420. The summed E-state index contributed by atoms with van der Waals surface area (Å²) in [4.78, 5) is 24.5. The van der Waals surface area contributed by atoms with Crippen LogP contribution in [0.4, 0.5) is 16.0 Å². The molecule has 1 saturated heterocycles. The molecule has 0 aliphatic carbocycles. The average Bonchev–Trinajstić information content (AvgIpc) is 3.44. The standard InChI is InChI=1S/C29H30FN5O3S/c30-24-19-32-29(33-22-7-1-4-20(16-22)6-3-11-35-12-14-38-15-13-35)34-27(24)25-9-10-26(39-25)28(37)31-18-21-5-2-8-23(36)17-21/h1-2,4-5,7-10,16-17,19,36H,3,6,11-15,18H2,(H,31,37)(H,32,33,34). The minimum absolute atomic E-state index is 0.131. The molecule has 5 rings (SSSR count). The summed E-state index contributed by atoms with van der Waals surface area (Å²) in [7, 11) is 0. The normalized spacial score (nSPS) is 13.8. The van der Waals surface area contributed by atoms with E-state index in [4.69, 9.17) is 4.74 Å². The van der Waals surface area contributed by atoms with Gasteiger partial charge >= 0.3 is 0 Å². The first-order chi connectivity index (χ1) is 19.0. The van der Waals surface area contributed by atoms with Crippen LogP contribution in [0, 0.1) is 5.82 Å². The molecule has 0 bridgehead atoms. The maximum absolute atomic E-state index is 14.7. The van der Waals surface area contributed by atoms with E-state index in [2.05, 4.69) is 37.6 Å². The maximum atomic E-state index is 14.7. The van der Waals surface area contributed by atoms with Gasteiger partial charge in [-0.15, -0.1) is 11.3 Å². The predicted octanol–water partition coefficient (Wildman–Crippen LogP) is 4.99. The Labute approximate surface area is 230 Å². The second kappa shape index (κ2) is 12.8. The highest BCUT2D eigenvalue weighted by atomic mass is 32.1. The number of nitrogens with one attached hydrogen (secondary N) is 2. The number of ether oxygens (including phenoxy) is 1. The lowest BCUT2D eigenvalue weighted by molar-refractivity contribution is 0.0374. The van der Waals surface area contributed by atoms with Gasteiger partial charge < -0.3 is 20.5 Å². The van der Waals surface area contributed by atoms with Crippen molar-refractivity contribution in [2.45, 2.75) is 19.4 Å². The SMILES string of the molecule is O=C(NCc1cccc(O)c1)c1ccc(-c2nc(Nc3cccc(CCCN4CCOCC4)c3)ncc2F)s1. The maximum Gasteiger partial charge on any atom is 0.261 e. The van der Waals surface area contributed by atoms with Crippen LogP contribution >= 0.6 is 11.3 Å². The van der Waals surface area contributed by atoms with Gasteiger partial charge in [0, 0.05) is 25.3 Å². The van der Waals surface area contributed by atoms with E-state index in [0.717, 1.165) is 74.5 Å². The molecule has 8 nitrogen and oxygen atoms in total. The van der Waals surface area contributed by atoms with Gasteiger partial charge in [-0.2, -0.15) is 0 Å². The van der Waals surface area contributed by atoms with E-state index in [1.165, 1.54) is 5.56 Å². The summed E-state index contributed by atoms with van der Waals surface area (Å²) in [6, 6.07) is 18.1. The molecule has 1 amide bonds. The third-order valence-corrected chi connectivity index (χ3v) is 7.49. The number of carbonyl (C=O) groups is 1. The molecule has 4 aromatic rings. The van der Waals surface area contributed by atoms with Crippen LogP contribution in [0.2, 0.25) is 0 Å². The van der Waals surface area contributed by atoms with Crippen LogP contribution < -0.4 is 10.6 Å². The lowest BCUT2D eigenvalue weighted by atomic mass is 10.1. The minimum atomic E-state index is -0.564. The van der Waals surface area contributed by atoms with Crippen molar-refractivity contribution in [2.24, 2.45) is 0 Å². The molecule has 1 fully saturated rings. The number of nitrogens with zero attached hydrogens (tertiary/aromatic N) is 3. The smallest absolute Gasteiger partial charge is 0.261 e. The molecule has 3 heterocycles. The lowest BCUT2D eigenvalue weighted by Crippen LogP contribution is -2.36. The highest BCUT2D eigenvalue weighted by Crippen LogP contribution is 2.30. The monoisotopic (exact) mass is 547 g/mol. The summed E-state index contributed by atoms with van der Waals surface area (Å²) >= 11 is 1.15. The van der Waals surface area contributed by atoms with E-state index in [0.29, 0.717) is 9.75 Å². The van der Waals surface area contributed by atoms with Gasteiger partial charge in [0.25, 0.3) is 5.91 Å². The fourth-order valence-electron chi connectivity index (χ4n) is 4.39. The van der Waals surface area contributed by atoms with Gasteiger partial charge in [0.05, 0.1) is 29.2 Å². The van der Waals surface area contributed by atoms with Crippen LogP contribution in [0.15, 0.2) is 66.9 Å². The number of morpholine rings is 1. The molecule has 1 aliphatic heterocycles. The molecule has 0 radical (unpaired) electrons. The molecule has 0 atom stereocenters. The van der Waals surface area contributed by atoms with E-state index in [9.17, 15) is 14.3 Å². The number of phenols is 1. The van der Waals surface area contributed by atoms with Crippen molar-refractivity contribution in [3.8, 4) is 16.3 Å².